The van der Waals surface area contributed by atoms with Gasteiger partial charge in [0.1, 0.15) is 10.8 Å². The molecule has 1 aromatic carbocycles. The molecule has 108 valence electrons. The summed E-state index contributed by atoms with van der Waals surface area (Å²) in [6.07, 6.45) is 0. The summed E-state index contributed by atoms with van der Waals surface area (Å²) >= 11 is 3.24. The Labute approximate surface area is 129 Å². The van der Waals surface area contributed by atoms with E-state index in [1.165, 1.54) is 4.88 Å². The van der Waals surface area contributed by atoms with Crippen LogP contribution >= 0.6 is 23.1 Å². The molecule has 0 radical (unpaired) electrons. The highest BCUT2D eigenvalue weighted by Gasteiger charge is 2.11. The highest BCUT2D eigenvalue weighted by Crippen LogP contribution is 2.26. The fraction of sp³-hybridized carbons (Fsp3) is 0.231. The van der Waals surface area contributed by atoms with E-state index in [0.29, 0.717) is 5.16 Å². The van der Waals surface area contributed by atoms with E-state index in [4.69, 9.17) is 0 Å². The SMILES string of the molecule is Cc1nc(CSc2nnnn2-c2ccc(O)cc2)sc1C. The van der Waals surface area contributed by atoms with Gasteiger partial charge in [0, 0.05) is 4.88 Å². The number of aromatic hydroxyl groups is 1. The zero-order chi connectivity index (χ0) is 14.8. The second kappa shape index (κ2) is 5.82. The number of hydrogen-bond acceptors (Lipinski definition) is 7. The van der Waals surface area contributed by atoms with Crippen molar-refractivity contribution in [1.82, 2.24) is 25.2 Å². The van der Waals surface area contributed by atoms with Crippen LogP contribution in [0.2, 0.25) is 0 Å². The number of phenolic OH excluding ortho intramolecular Hbond substituents is 1. The predicted molar refractivity (Wildman–Crippen MR) is 82.0 cm³/mol. The number of thiazole rings is 1. The van der Waals surface area contributed by atoms with E-state index < -0.39 is 0 Å². The van der Waals surface area contributed by atoms with Crippen molar-refractivity contribution >= 4 is 23.1 Å². The smallest absolute Gasteiger partial charge is 0.214 e. The van der Waals surface area contributed by atoms with Gasteiger partial charge in [0.15, 0.2) is 0 Å². The average Bonchev–Trinajstić information content (AvgIpc) is 3.05. The van der Waals surface area contributed by atoms with Crippen LogP contribution in [0.25, 0.3) is 5.69 Å². The van der Waals surface area contributed by atoms with E-state index >= 15 is 0 Å². The third-order valence-electron chi connectivity index (χ3n) is 2.93. The Bertz CT molecular complexity index is 731. The molecule has 1 N–H and O–H groups in total. The first-order valence-corrected chi connectivity index (χ1v) is 8.07. The lowest BCUT2D eigenvalue weighted by atomic mass is 10.3. The van der Waals surface area contributed by atoms with Gasteiger partial charge in [-0.05, 0) is 48.5 Å². The molecule has 0 amide bonds. The molecule has 2 heterocycles. The summed E-state index contributed by atoms with van der Waals surface area (Å²) < 4.78 is 1.65. The van der Waals surface area contributed by atoms with Gasteiger partial charge < -0.3 is 5.11 Å². The number of hydrogen-bond donors (Lipinski definition) is 1. The normalized spacial score (nSPS) is 11.0. The molecule has 0 saturated carbocycles. The molecule has 0 aliphatic carbocycles. The fourth-order valence-electron chi connectivity index (χ4n) is 1.75. The fourth-order valence-corrected chi connectivity index (χ4v) is 3.57. The number of thioether (sulfide) groups is 1. The largest absolute Gasteiger partial charge is 0.508 e. The van der Waals surface area contributed by atoms with Crippen LogP contribution in [0.3, 0.4) is 0 Å². The Morgan fingerprint density at radius 1 is 1.24 bits per heavy atom. The van der Waals surface area contributed by atoms with Gasteiger partial charge in [-0.1, -0.05) is 11.8 Å². The first-order valence-electron chi connectivity index (χ1n) is 6.27. The number of rotatable bonds is 4. The lowest BCUT2D eigenvalue weighted by Gasteiger charge is -2.03. The molecule has 0 bridgehead atoms. The number of tetrazole rings is 1. The van der Waals surface area contributed by atoms with Crippen molar-refractivity contribution in [3.63, 3.8) is 0 Å². The number of aryl methyl sites for hydroxylation is 2. The first kappa shape index (κ1) is 14.0. The van der Waals surface area contributed by atoms with Gasteiger partial charge >= 0.3 is 0 Å². The Balaban J connectivity index is 1.78. The highest BCUT2D eigenvalue weighted by atomic mass is 32.2. The lowest BCUT2D eigenvalue weighted by Crippen LogP contribution is -1.98. The number of aromatic nitrogens is 5. The van der Waals surface area contributed by atoms with E-state index in [0.717, 1.165) is 22.1 Å². The Hall–Kier alpha value is -1.93. The summed E-state index contributed by atoms with van der Waals surface area (Å²) in [4.78, 5) is 5.75. The van der Waals surface area contributed by atoms with Crippen LogP contribution in [0.5, 0.6) is 5.75 Å². The Kier molecular flexibility index (Phi) is 3.89. The predicted octanol–water partition coefficient (Wildman–Crippen LogP) is 2.73. The average molecular weight is 319 g/mol. The van der Waals surface area contributed by atoms with Crippen LogP contribution < -0.4 is 0 Å². The molecule has 0 aliphatic rings. The maximum atomic E-state index is 9.33. The van der Waals surface area contributed by atoms with Gasteiger partial charge in [0.2, 0.25) is 5.16 Å². The lowest BCUT2D eigenvalue weighted by molar-refractivity contribution is 0.475. The molecule has 3 aromatic rings. The Morgan fingerprint density at radius 2 is 2.00 bits per heavy atom. The second-order valence-corrected chi connectivity index (χ2v) is 6.66. The van der Waals surface area contributed by atoms with Gasteiger partial charge in [-0.15, -0.1) is 16.4 Å². The highest BCUT2D eigenvalue weighted by molar-refractivity contribution is 7.98. The summed E-state index contributed by atoms with van der Waals surface area (Å²) in [5, 5.41) is 22.8. The van der Waals surface area contributed by atoms with Crippen LogP contribution in [-0.4, -0.2) is 30.3 Å². The maximum Gasteiger partial charge on any atom is 0.214 e. The minimum Gasteiger partial charge on any atom is -0.508 e. The Morgan fingerprint density at radius 3 is 2.67 bits per heavy atom. The van der Waals surface area contributed by atoms with Crippen LogP contribution in [0, 0.1) is 13.8 Å². The van der Waals surface area contributed by atoms with Crippen molar-refractivity contribution in [2.75, 3.05) is 0 Å². The van der Waals surface area contributed by atoms with Crippen molar-refractivity contribution in [1.29, 1.82) is 0 Å². The zero-order valence-electron chi connectivity index (χ0n) is 11.5. The minimum absolute atomic E-state index is 0.217. The molecule has 0 unspecified atom stereocenters. The number of benzene rings is 1. The molecule has 8 heteroatoms. The molecule has 0 saturated heterocycles. The van der Waals surface area contributed by atoms with E-state index in [1.54, 1.807) is 52.0 Å². The topological polar surface area (TPSA) is 76.7 Å². The van der Waals surface area contributed by atoms with Crippen molar-refractivity contribution in [3.05, 3.63) is 39.8 Å². The summed E-state index contributed by atoms with van der Waals surface area (Å²) in [7, 11) is 0. The van der Waals surface area contributed by atoms with Crippen LogP contribution in [0.4, 0.5) is 0 Å². The molecular formula is C13H13N5OS2. The molecule has 0 spiro atoms. The number of nitrogens with zero attached hydrogens (tertiary/aromatic N) is 5. The first-order chi connectivity index (χ1) is 10.1. The van der Waals surface area contributed by atoms with Crippen LogP contribution in [0.15, 0.2) is 29.4 Å². The monoisotopic (exact) mass is 319 g/mol. The van der Waals surface area contributed by atoms with Gasteiger partial charge in [-0.25, -0.2) is 4.98 Å². The molecule has 0 aliphatic heterocycles. The number of phenols is 1. The quantitative estimate of drug-likeness (QED) is 0.745. The van der Waals surface area contributed by atoms with Gasteiger partial charge in [0.05, 0.1) is 17.1 Å². The molecule has 0 fully saturated rings. The summed E-state index contributed by atoms with van der Waals surface area (Å²) in [6, 6.07) is 6.76. The summed E-state index contributed by atoms with van der Waals surface area (Å²) in [5.41, 5.74) is 1.89. The van der Waals surface area contributed by atoms with Crippen LogP contribution in [0.1, 0.15) is 15.6 Å². The van der Waals surface area contributed by atoms with Gasteiger partial charge in [0.25, 0.3) is 0 Å². The summed E-state index contributed by atoms with van der Waals surface area (Å²) in [6.45, 7) is 4.09. The van der Waals surface area contributed by atoms with Crippen molar-refractivity contribution in [2.45, 2.75) is 24.8 Å². The maximum absolute atomic E-state index is 9.33. The van der Waals surface area contributed by atoms with Crippen molar-refractivity contribution < 1.29 is 5.11 Å². The minimum atomic E-state index is 0.217. The summed E-state index contributed by atoms with van der Waals surface area (Å²) in [5.74, 6) is 0.951. The molecule has 6 nitrogen and oxygen atoms in total. The third kappa shape index (κ3) is 3.06. The van der Waals surface area contributed by atoms with Crippen molar-refractivity contribution in [2.24, 2.45) is 0 Å². The van der Waals surface area contributed by atoms with Crippen LogP contribution in [-0.2, 0) is 5.75 Å². The molecule has 21 heavy (non-hydrogen) atoms. The van der Waals surface area contributed by atoms with E-state index in [-0.39, 0.29) is 5.75 Å². The second-order valence-electron chi connectivity index (χ2n) is 4.43. The standard InChI is InChI=1S/C13H13N5OS2/c1-8-9(2)21-12(14-8)7-20-13-15-16-17-18(13)10-3-5-11(19)6-4-10/h3-6,19H,7H2,1-2H3. The van der Waals surface area contributed by atoms with Crippen molar-refractivity contribution in [3.8, 4) is 11.4 Å². The van der Waals surface area contributed by atoms with E-state index in [1.807, 2.05) is 6.92 Å². The van der Waals surface area contributed by atoms with E-state index in [2.05, 4.69) is 27.4 Å². The molecular weight excluding hydrogens is 306 g/mol. The van der Waals surface area contributed by atoms with Gasteiger partial charge in [-0.3, -0.25) is 0 Å². The van der Waals surface area contributed by atoms with E-state index in [9.17, 15) is 5.11 Å². The molecule has 3 rings (SSSR count). The molecule has 0 atom stereocenters. The third-order valence-corrected chi connectivity index (χ3v) is 5.12. The van der Waals surface area contributed by atoms with Gasteiger partial charge in [-0.2, -0.15) is 4.68 Å². The molecule has 2 aromatic heterocycles. The zero-order valence-corrected chi connectivity index (χ0v) is 13.1.